The van der Waals surface area contributed by atoms with Crippen LogP contribution in [0, 0.1) is 0 Å². The Bertz CT molecular complexity index is 769. The maximum atomic E-state index is 10.5. The van der Waals surface area contributed by atoms with E-state index in [1.165, 1.54) is 16.2 Å². The highest BCUT2D eigenvalue weighted by atomic mass is 31.2. The second-order valence-corrected chi connectivity index (χ2v) is 9.80. The SMILES string of the molecule is CCOP(O)c1ccccc1C(C)P(c1ccccc1)c1ccccc1. The molecule has 2 nitrogen and oxygen atoms in total. The molecule has 0 spiro atoms. The van der Waals surface area contributed by atoms with Gasteiger partial charge in [-0.15, -0.1) is 0 Å². The molecule has 4 heteroatoms. The molecule has 1 N–H and O–H groups in total. The van der Waals surface area contributed by atoms with Gasteiger partial charge in [0.15, 0.2) is 0 Å². The smallest absolute Gasteiger partial charge is 0.202 e. The Balaban J connectivity index is 2.06. The average molecular weight is 382 g/mol. The number of benzene rings is 3. The molecule has 0 aliphatic heterocycles. The van der Waals surface area contributed by atoms with Crippen molar-refractivity contribution in [3.63, 3.8) is 0 Å². The number of hydrogen-bond acceptors (Lipinski definition) is 2. The molecule has 0 saturated heterocycles. The summed E-state index contributed by atoms with van der Waals surface area (Å²) in [6.07, 6.45) is 0. The Hall–Kier alpha value is -1.56. The molecule has 0 aliphatic carbocycles. The lowest BCUT2D eigenvalue weighted by Gasteiger charge is -2.28. The zero-order valence-corrected chi connectivity index (χ0v) is 16.9. The van der Waals surface area contributed by atoms with Crippen LogP contribution in [0.2, 0.25) is 0 Å². The Morgan fingerprint density at radius 1 is 0.808 bits per heavy atom. The molecule has 2 unspecified atom stereocenters. The largest absolute Gasteiger partial charge is 0.346 e. The molecule has 3 aromatic carbocycles. The second-order valence-electron chi connectivity index (χ2n) is 5.97. The van der Waals surface area contributed by atoms with Crippen LogP contribution in [0.15, 0.2) is 84.9 Å². The van der Waals surface area contributed by atoms with Crippen molar-refractivity contribution in [3.8, 4) is 0 Å². The molecule has 0 fully saturated rings. The fourth-order valence-corrected chi connectivity index (χ4v) is 6.99. The highest BCUT2D eigenvalue weighted by molar-refractivity contribution is 7.73. The molecule has 3 aromatic rings. The third kappa shape index (κ3) is 4.40. The Kier molecular flexibility index (Phi) is 6.94. The van der Waals surface area contributed by atoms with E-state index in [0.717, 1.165) is 5.30 Å². The molecule has 0 aromatic heterocycles. The van der Waals surface area contributed by atoms with Gasteiger partial charge in [-0.05, 0) is 37.1 Å². The standard InChI is InChI=1S/C22H24O2P2/c1-3-24-26(23)22-17-11-10-16-21(22)18(2)25(19-12-6-4-7-13-19)20-14-8-5-9-15-20/h4-18,23H,3H2,1-2H3. The summed E-state index contributed by atoms with van der Waals surface area (Å²) < 4.78 is 5.54. The molecule has 0 bridgehead atoms. The van der Waals surface area contributed by atoms with Crippen LogP contribution < -0.4 is 15.9 Å². The molecule has 0 radical (unpaired) electrons. The van der Waals surface area contributed by atoms with E-state index in [1.54, 1.807) is 0 Å². The van der Waals surface area contributed by atoms with E-state index in [2.05, 4.69) is 73.7 Å². The quantitative estimate of drug-likeness (QED) is 0.592. The maximum Gasteiger partial charge on any atom is 0.202 e. The van der Waals surface area contributed by atoms with Crippen LogP contribution in [0.4, 0.5) is 0 Å². The van der Waals surface area contributed by atoms with Crippen LogP contribution in [0.5, 0.6) is 0 Å². The van der Waals surface area contributed by atoms with Gasteiger partial charge in [0.05, 0.1) is 6.61 Å². The van der Waals surface area contributed by atoms with Gasteiger partial charge in [-0.3, -0.25) is 0 Å². The van der Waals surface area contributed by atoms with Gasteiger partial charge < -0.3 is 9.42 Å². The highest BCUT2D eigenvalue weighted by Gasteiger charge is 2.26. The van der Waals surface area contributed by atoms with Crippen molar-refractivity contribution in [2.24, 2.45) is 0 Å². The monoisotopic (exact) mass is 382 g/mol. The fourth-order valence-electron chi connectivity index (χ4n) is 3.12. The predicted molar refractivity (Wildman–Crippen MR) is 114 cm³/mol. The first-order valence-electron chi connectivity index (χ1n) is 8.82. The summed E-state index contributed by atoms with van der Waals surface area (Å²) in [6, 6.07) is 29.5. The molecule has 0 heterocycles. The van der Waals surface area contributed by atoms with Gasteiger partial charge >= 0.3 is 0 Å². The van der Waals surface area contributed by atoms with Gasteiger partial charge in [0.1, 0.15) is 0 Å². The summed E-state index contributed by atoms with van der Waals surface area (Å²) in [5.74, 6) is 0. The fraction of sp³-hybridized carbons (Fsp3) is 0.182. The maximum absolute atomic E-state index is 10.5. The first kappa shape index (κ1) is 19.2. The van der Waals surface area contributed by atoms with E-state index in [9.17, 15) is 4.89 Å². The van der Waals surface area contributed by atoms with E-state index in [1.807, 2.05) is 25.1 Å². The van der Waals surface area contributed by atoms with Gasteiger partial charge in [0, 0.05) is 11.0 Å². The Labute approximate surface area is 158 Å². The molecule has 0 amide bonds. The summed E-state index contributed by atoms with van der Waals surface area (Å²) in [5.41, 5.74) is 1.44. The molecule has 0 saturated carbocycles. The summed E-state index contributed by atoms with van der Waals surface area (Å²) in [6.45, 7) is 4.69. The molecule has 3 rings (SSSR count). The van der Waals surface area contributed by atoms with E-state index in [0.29, 0.717) is 6.61 Å². The van der Waals surface area contributed by atoms with Crippen molar-refractivity contribution in [1.29, 1.82) is 0 Å². The first-order valence-corrected chi connectivity index (χ1v) is 11.4. The van der Waals surface area contributed by atoms with Crippen LogP contribution in [0.3, 0.4) is 0 Å². The minimum atomic E-state index is -1.58. The second kappa shape index (κ2) is 9.40. The first-order chi connectivity index (χ1) is 12.7. The normalized spacial score (nSPS) is 13.5. The molecular weight excluding hydrogens is 358 g/mol. The zero-order valence-electron chi connectivity index (χ0n) is 15.1. The molecule has 0 aliphatic rings. The number of hydrogen-bond donors (Lipinski definition) is 1. The lowest BCUT2D eigenvalue weighted by molar-refractivity contribution is 0.337. The van der Waals surface area contributed by atoms with Gasteiger partial charge in [0.25, 0.3) is 0 Å². The molecular formula is C22H24O2P2. The van der Waals surface area contributed by atoms with Crippen LogP contribution in [-0.4, -0.2) is 11.5 Å². The summed E-state index contributed by atoms with van der Waals surface area (Å²) >= 11 is 0. The van der Waals surface area contributed by atoms with Gasteiger partial charge in [-0.2, -0.15) is 0 Å². The van der Waals surface area contributed by atoms with E-state index in [4.69, 9.17) is 4.52 Å². The van der Waals surface area contributed by atoms with Crippen molar-refractivity contribution in [2.75, 3.05) is 6.61 Å². The van der Waals surface area contributed by atoms with E-state index >= 15 is 0 Å². The lowest BCUT2D eigenvalue weighted by Crippen LogP contribution is -2.19. The molecule has 26 heavy (non-hydrogen) atoms. The van der Waals surface area contributed by atoms with Gasteiger partial charge in [-0.25, -0.2) is 0 Å². The summed E-state index contributed by atoms with van der Waals surface area (Å²) in [7, 11) is -2.18. The van der Waals surface area contributed by atoms with Crippen LogP contribution in [-0.2, 0) is 4.52 Å². The third-order valence-corrected chi connectivity index (χ3v) is 8.38. The third-order valence-electron chi connectivity index (χ3n) is 4.30. The summed E-state index contributed by atoms with van der Waals surface area (Å²) in [4.78, 5) is 10.5. The Morgan fingerprint density at radius 2 is 1.31 bits per heavy atom. The number of rotatable bonds is 7. The molecule has 134 valence electrons. The topological polar surface area (TPSA) is 29.5 Å². The average Bonchev–Trinajstić information content (AvgIpc) is 2.70. The van der Waals surface area contributed by atoms with Gasteiger partial charge in [-0.1, -0.05) is 85.8 Å². The van der Waals surface area contributed by atoms with Crippen molar-refractivity contribution in [3.05, 3.63) is 90.5 Å². The van der Waals surface area contributed by atoms with Gasteiger partial charge in [0.2, 0.25) is 8.38 Å². The minimum absolute atomic E-state index is 0.267. The zero-order chi connectivity index (χ0) is 18.4. The van der Waals surface area contributed by atoms with Crippen LogP contribution >= 0.6 is 16.3 Å². The minimum Gasteiger partial charge on any atom is -0.346 e. The van der Waals surface area contributed by atoms with Crippen molar-refractivity contribution in [2.45, 2.75) is 19.5 Å². The van der Waals surface area contributed by atoms with Crippen molar-refractivity contribution in [1.82, 2.24) is 0 Å². The lowest BCUT2D eigenvalue weighted by atomic mass is 10.2. The van der Waals surface area contributed by atoms with E-state index in [-0.39, 0.29) is 5.66 Å². The molecule has 2 atom stereocenters. The van der Waals surface area contributed by atoms with Crippen LogP contribution in [0.25, 0.3) is 0 Å². The van der Waals surface area contributed by atoms with Crippen molar-refractivity contribution >= 4 is 32.2 Å². The van der Waals surface area contributed by atoms with Crippen LogP contribution in [0.1, 0.15) is 25.1 Å². The predicted octanol–water partition coefficient (Wildman–Crippen LogP) is 4.85. The van der Waals surface area contributed by atoms with Crippen molar-refractivity contribution < 1.29 is 9.42 Å². The highest BCUT2D eigenvalue weighted by Crippen LogP contribution is 2.50. The Morgan fingerprint density at radius 3 is 1.85 bits per heavy atom. The summed E-state index contributed by atoms with van der Waals surface area (Å²) in [5, 5.41) is 3.61. The van der Waals surface area contributed by atoms with E-state index < -0.39 is 16.3 Å².